The van der Waals surface area contributed by atoms with Crippen LogP contribution in [0.5, 0.6) is 0 Å². The molecule has 138 valence electrons. The lowest BCUT2D eigenvalue weighted by Gasteiger charge is -2.16. The minimum atomic E-state index is -0.262. The zero-order valence-corrected chi connectivity index (χ0v) is 14.9. The first kappa shape index (κ1) is 17.0. The van der Waals surface area contributed by atoms with Gasteiger partial charge < -0.3 is 24.6 Å². The molecule has 3 aromatic heterocycles. The number of H-pyrrole nitrogens is 2. The van der Waals surface area contributed by atoms with Crippen LogP contribution in [-0.4, -0.2) is 43.8 Å². The second-order valence-corrected chi connectivity index (χ2v) is 6.55. The standard InChI is InChI=1S/C19H20N6O2/c1-24(12-14-11-20-17-4-2-3-8-25(14)17)9-7-18(26)21-13-5-6-15-16(10-13)23-19(27)22-15/h2-6,8,10-11H,7,9,12H2,1H3,(H,21,26)(H2,22,23,27). The largest absolute Gasteiger partial charge is 0.326 e. The zero-order chi connectivity index (χ0) is 18.8. The first-order valence-corrected chi connectivity index (χ1v) is 8.70. The van der Waals surface area contributed by atoms with E-state index in [2.05, 4.69) is 25.2 Å². The molecule has 3 N–H and O–H groups in total. The minimum absolute atomic E-state index is 0.0720. The van der Waals surface area contributed by atoms with Crippen molar-refractivity contribution in [2.75, 3.05) is 18.9 Å². The maximum atomic E-state index is 12.2. The van der Waals surface area contributed by atoms with Gasteiger partial charge in [-0.05, 0) is 37.4 Å². The van der Waals surface area contributed by atoms with Crippen molar-refractivity contribution in [3.63, 3.8) is 0 Å². The number of aromatic nitrogens is 4. The number of fused-ring (bicyclic) bond motifs is 2. The number of imidazole rings is 2. The van der Waals surface area contributed by atoms with Gasteiger partial charge in [-0.2, -0.15) is 0 Å². The summed E-state index contributed by atoms with van der Waals surface area (Å²) < 4.78 is 2.05. The number of carbonyl (C=O) groups is 1. The molecule has 0 fully saturated rings. The third-order valence-corrected chi connectivity index (χ3v) is 4.45. The van der Waals surface area contributed by atoms with E-state index in [1.54, 1.807) is 18.2 Å². The average molecular weight is 364 g/mol. The molecule has 3 heterocycles. The maximum absolute atomic E-state index is 12.2. The Morgan fingerprint density at radius 2 is 2.07 bits per heavy atom. The van der Waals surface area contributed by atoms with Crippen LogP contribution >= 0.6 is 0 Å². The molecular formula is C19H20N6O2. The molecular weight excluding hydrogens is 344 g/mol. The van der Waals surface area contributed by atoms with E-state index in [1.807, 2.05) is 42.0 Å². The molecule has 27 heavy (non-hydrogen) atoms. The summed E-state index contributed by atoms with van der Waals surface area (Å²) in [5.41, 5.74) is 3.77. The summed E-state index contributed by atoms with van der Waals surface area (Å²) in [6.07, 6.45) is 4.22. The summed E-state index contributed by atoms with van der Waals surface area (Å²) in [7, 11) is 1.98. The molecule has 1 amide bonds. The summed E-state index contributed by atoms with van der Waals surface area (Å²) in [5.74, 6) is -0.0720. The van der Waals surface area contributed by atoms with Gasteiger partial charge in [-0.15, -0.1) is 0 Å². The average Bonchev–Trinajstić information content (AvgIpc) is 3.22. The van der Waals surface area contributed by atoms with Crippen LogP contribution in [-0.2, 0) is 11.3 Å². The van der Waals surface area contributed by atoms with Crippen LogP contribution in [0.3, 0.4) is 0 Å². The normalized spacial score (nSPS) is 11.5. The number of aromatic amines is 2. The second kappa shape index (κ2) is 7.08. The van der Waals surface area contributed by atoms with E-state index >= 15 is 0 Å². The predicted molar refractivity (Wildman–Crippen MR) is 104 cm³/mol. The molecule has 0 atom stereocenters. The third-order valence-electron chi connectivity index (χ3n) is 4.45. The highest BCUT2D eigenvalue weighted by molar-refractivity contribution is 5.93. The Morgan fingerprint density at radius 3 is 2.96 bits per heavy atom. The summed E-state index contributed by atoms with van der Waals surface area (Å²) in [6.45, 7) is 1.32. The summed E-state index contributed by atoms with van der Waals surface area (Å²) in [5, 5.41) is 2.87. The van der Waals surface area contributed by atoms with Crippen LogP contribution in [0.15, 0.2) is 53.6 Å². The number of hydrogen-bond donors (Lipinski definition) is 3. The van der Waals surface area contributed by atoms with Crippen LogP contribution in [0.2, 0.25) is 0 Å². The number of pyridine rings is 1. The second-order valence-electron chi connectivity index (χ2n) is 6.55. The van der Waals surface area contributed by atoms with Crippen molar-refractivity contribution in [3.05, 3.63) is 65.0 Å². The molecule has 0 aliphatic rings. The van der Waals surface area contributed by atoms with Crippen molar-refractivity contribution in [1.29, 1.82) is 0 Å². The van der Waals surface area contributed by atoms with E-state index in [0.717, 1.165) is 11.3 Å². The van der Waals surface area contributed by atoms with Crippen molar-refractivity contribution < 1.29 is 4.79 Å². The lowest BCUT2D eigenvalue weighted by Crippen LogP contribution is -2.24. The lowest BCUT2D eigenvalue weighted by atomic mass is 10.2. The molecule has 0 saturated heterocycles. The molecule has 0 bridgehead atoms. The number of hydrogen-bond acceptors (Lipinski definition) is 4. The first-order chi connectivity index (χ1) is 13.1. The SMILES string of the molecule is CN(CCC(=O)Nc1ccc2[nH]c(=O)[nH]c2c1)Cc1cnc2ccccn12. The smallest absolute Gasteiger partial charge is 0.323 e. The van der Waals surface area contributed by atoms with Gasteiger partial charge in [0.05, 0.1) is 22.9 Å². The van der Waals surface area contributed by atoms with Crippen molar-refractivity contribution in [3.8, 4) is 0 Å². The molecule has 8 nitrogen and oxygen atoms in total. The molecule has 4 rings (SSSR count). The van der Waals surface area contributed by atoms with Gasteiger partial charge >= 0.3 is 5.69 Å². The molecule has 0 aliphatic carbocycles. The van der Waals surface area contributed by atoms with Crippen molar-refractivity contribution in [1.82, 2.24) is 24.3 Å². The number of rotatable bonds is 6. The monoisotopic (exact) mass is 364 g/mol. The highest BCUT2D eigenvalue weighted by Gasteiger charge is 2.09. The topological polar surface area (TPSA) is 98.3 Å². The summed E-state index contributed by atoms with van der Waals surface area (Å²) >= 11 is 0. The fraction of sp³-hybridized carbons (Fsp3) is 0.211. The van der Waals surface area contributed by atoms with Crippen molar-refractivity contribution in [2.45, 2.75) is 13.0 Å². The van der Waals surface area contributed by atoms with E-state index in [4.69, 9.17) is 0 Å². The lowest BCUT2D eigenvalue weighted by molar-refractivity contribution is -0.116. The van der Waals surface area contributed by atoms with Crippen LogP contribution in [0.4, 0.5) is 5.69 Å². The quantitative estimate of drug-likeness (QED) is 0.487. The third kappa shape index (κ3) is 3.75. The van der Waals surface area contributed by atoms with Gasteiger partial charge in [0.15, 0.2) is 0 Å². The Labute approximate surface area is 154 Å². The highest BCUT2D eigenvalue weighted by Crippen LogP contribution is 2.15. The summed E-state index contributed by atoms with van der Waals surface area (Å²) in [6, 6.07) is 11.2. The van der Waals surface area contributed by atoms with Gasteiger partial charge in [-0.3, -0.25) is 4.79 Å². The van der Waals surface area contributed by atoms with E-state index in [0.29, 0.717) is 36.2 Å². The fourth-order valence-corrected chi connectivity index (χ4v) is 3.08. The number of carbonyl (C=O) groups excluding carboxylic acids is 1. The molecule has 0 spiro atoms. The van der Waals surface area contributed by atoms with Gasteiger partial charge in [-0.25, -0.2) is 9.78 Å². The minimum Gasteiger partial charge on any atom is -0.326 e. The van der Waals surface area contributed by atoms with Crippen molar-refractivity contribution in [2.24, 2.45) is 0 Å². The van der Waals surface area contributed by atoms with Gasteiger partial charge in [-0.1, -0.05) is 6.07 Å². The van der Waals surface area contributed by atoms with Gasteiger partial charge in [0, 0.05) is 31.4 Å². The first-order valence-electron chi connectivity index (χ1n) is 8.70. The van der Waals surface area contributed by atoms with Gasteiger partial charge in [0.2, 0.25) is 5.91 Å². The van der Waals surface area contributed by atoms with Gasteiger partial charge in [0.25, 0.3) is 0 Å². The molecule has 0 radical (unpaired) electrons. The van der Waals surface area contributed by atoms with E-state index in [-0.39, 0.29) is 11.6 Å². The Kier molecular flexibility index (Phi) is 4.47. The Hall–Kier alpha value is -3.39. The molecule has 8 heteroatoms. The van der Waals surface area contributed by atoms with Gasteiger partial charge in [0.1, 0.15) is 5.65 Å². The van der Waals surface area contributed by atoms with Crippen LogP contribution in [0, 0.1) is 0 Å². The van der Waals surface area contributed by atoms with Crippen LogP contribution < -0.4 is 11.0 Å². The highest BCUT2D eigenvalue weighted by atomic mass is 16.1. The van der Waals surface area contributed by atoms with E-state index in [1.165, 1.54) is 0 Å². The fourth-order valence-electron chi connectivity index (χ4n) is 3.08. The molecule has 0 unspecified atom stereocenters. The number of amides is 1. The maximum Gasteiger partial charge on any atom is 0.323 e. The number of benzene rings is 1. The Bertz CT molecular complexity index is 1160. The number of anilines is 1. The van der Waals surface area contributed by atoms with E-state index in [9.17, 15) is 9.59 Å². The Morgan fingerprint density at radius 1 is 1.22 bits per heavy atom. The van der Waals surface area contributed by atoms with Crippen LogP contribution in [0.1, 0.15) is 12.1 Å². The Balaban J connectivity index is 1.33. The molecule has 0 saturated carbocycles. The van der Waals surface area contributed by atoms with Crippen LogP contribution in [0.25, 0.3) is 16.7 Å². The summed E-state index contributed by atoms with van der Waals surface area (Å²) in [4.78, 5) is 35.4. The zero-order valence-electron chi connectivity index (χ0n) is 14.9. The molecule has 4 aromatic rings. The van der Waals surface area contributed by atoms with E-state index < -0.39 is 0 Å². The molecule has 1 aromatic carbocycles. The number of nitrogens with zero attached hydrogens (tertiary/aromatic N) is 3. The molecule has 0 aliphatic heterocycles. The number of nitrogens with one attached hydrogen (secondary N) is 3. The van der Waals surface area contributed by atoms with Crippen molar-refractivity contribution >= 4 is 28.3 Å². The predicted octanol–water partition coefficient (Wildman–Crippen LogP) is 1.96.